The smallest absolute Gasteiger partial charge is 0.109 e. The predicted octanol–water partition coefficient (Wildman–Crippen LogP) is 3.19. The Balaban J connectivity index is 0. The van der Waals surface area contributed by atoms with Gasteiger partial charge in [-0.2, -0.15) is 19.6 Å². The van der Waals surface area contributed by atoms with Gasteiger partial charge < -0.3 is 0 Å². The summed E-state index contributed by atoms with van der Waals surface area (Å²) in [7, 11) is 0. The Morgan fingerprint density at radius 2 is 1.82 bits per heavy atom. The number of halogens is 1. The summed E-state index contributed by atoms with van der Waals surface area (Å²) in [5.41, 5.74) is 1.27. The largest absolute Gasteiger partial charge is 0.208 e. The van der Waals surface area contributed by atoms with Crippen LogP contribution in [0.25, 0.3) is 0 Å². The molecule has 0 spiro atoms. The van der Waals surface area contributed by atoms with Crippen molar-refractivity contribution in [3.63, 3.8) is 0 Å². The van der Waals surface area contributed by atoms with Gasteiger partial charge in [0.05, 0.1) is 0 Å². The van der Waals surface area contributed by atoms with Gasteiger partial charge in [-0.1, -0.05) is 6.08 Å². The minimum atomic E-state index is -0.218. The van der Waals surface area contributed by atoms with Gasteiger partial charge in [0, 0.05) is 21.1 Å². The van der Waals surface area contributed by atoms with Crippen molar-refractivity contribution in [1.82, 2.24) is 0 Å². The molecule has 0 aliphatic heterocycles. The minimum absolute atomic E-state index is 0. The summed E-state index contributed by atoms with van der Waals surface area (Å²) >= 11 is 0. The zero-order valence-electron chi connectivity index (χ0n) is 6.86. The Hall–Kier alpha value is -0.292. The van der Waals surface area contributed by atoms with Crippen molar-refractivity contribution in [2.45, 2.75) is 13.8 Å². The molecule has 0 N–H and O–H groups in total. The van der Waals surface area contributed by atoms with Crippen LogP contribution in [0.4, 0.5) is 4.39 Å². The zero-order valence-corrected chi connectivity index (χ0v) is 9.79. The van der Waals surface area contributed by atoms with Gasteiger partial charge in [-0.15, -0.1) is 0 Å². The average Bonchev–Trinajstić information content (AvgIpc) is 1.82. The average molecular weight is 323 g/mol. The van der Waals surface area contributed by atoms with Crippen LogP contribution in [0.15, 0.2) is 35.7 Å². The van der Waals surface area contributed by atoms with E-state index in [2.05, 4.69) is 13.5 Å². The first-order chi connectivity index (χ1) is 4.54. The van der Waals surface area contributed by atoms with E-state index in [9.17, 15) is 4.39 Å². The summed E-state index contributed by atoms with van der Waals surface area (Å²) in [6.45, 7) is 10.4. The first-order valence-corrected chi connectivity index (χ1v) is 3.06. The maximum atomic E-state index is 12.6. The number of hydrogen-bond donors (Lipinski definition) is 0. The van der Waals surface area contributed by atoms with Crippen LogP contribution in [0.5, 0.6) is 0 Å². The molecule has 2 heteroatoms. The van der Waals surface area contributed by atoms with E-state index in [1.165, 1.54) is 6.08 Å². The molecule has 11 heavy (non-hydrogen) atoms. The van der Waals surface area contributed by atoms with Crippen LogP contribution in [0.3, 0.4) is 0 Å². The van der Waals surface area contributed by atoms with Crippen molar-refractivity contribution >= 4 is 0 Å². The van der Waals surface area contributed by atoms with Gasteiger partial charge in [0.15, 0.2) is 0 Å². The Morgan fingerprint density at radius 3 is 2.09 bits per heavy atom. The molecule has 62 valence electrons. The summed E-state index contributed by atoms with van der Waals surface area (Å²) in [6, 6.07) is 0. The SMILES string of the molecule is C=C([CH2-])/C=C\C(F)=C(C)C.[W]. The molecule has 0 bridgehead atoms. The molecule has 0 aromatic carbocycles. The molecule has 0 nitrogen and oxygen atoms in total. The predicted molar refractivity (Wildman–Crippen MR) is 43.1 cm³/mol. The van der Waals surface area contributed by atoms with Gasteiger partial charge in [0.2, 0.25) is 0 Å². The van der Waals surface area contributed by atoms with Crippen molar-refractivity contribution in [3.8, 4) is 0 Å². The number of allylic oxidation sites excluding steroid dienone is 5. The summed E-state index contributed by atoms with van der Waals surface area (Å²) in [5, 5.41) is 0. The van der Waals surface area contributed by atoms with E-state index in [0.29, 0.717) is 11.1 Å². The van der Waals surface area contributed by atoms with E-state index in [1.54, 1.807) is 19.9 Å². The van der Waals surface area contributed by atoms with Crippen LogP contribution in [0.1, 0.15) is 13.8 Å². The minimum Gasteiger partial charge on any atom is -0.208 e. The molecule has 0 saturated carbocycles. The van der Waals surface area contributed by atoms with Crippen LogP contribution < -0.4 is 0 Å². The second kappa shape index (κ2) is 6.42. The van der Waals surface area contributed by atoms with Gasteiger partial charge in [-0.3, -0.25) is 0 Å². The van der Waals surface area contributed by atoms with Crippen LogP contribution in [0, 0.1) is 6.92 Å². The maximum absolute atomic E-state index is 12.6. The molecule has 0 saturated heterocycles. The monoisotopic (exact) mass is 323 g/mol. The van der Waals surface area contributed by atoms with Crippen LogP contribution >= 0.6 is 0 Å². The van der Waals surface area contributed by atoms with Crippen molar-refractivity contribution in [3.05, 3.63) is 42.6 Å². The van der Waals surface area contributed by atoms with Gasteiger partial charge in [-0.25, -0.2) is 9.96 Å². The molecule has 0 unspecified atom stereocenters. The molecule has 0 heterocycles. The zero-order chi connectivity index (χ0) is 8.15. The fourth-order valence-electron chi connectivity index (χ4n) is 0.358. The molecule has 0 radical (unpaired) electrons. The standard InChI is InChI=1S/C9H12F.W/c1-7(2)5-6-9(10)8(3)4;/h5-6H,1-2H2,3-4H3;/q-1;/b6-5-;. The van der Waals surface area contributed by atoms with Crippen molar-refractivity contribution in [1.29, 1.82) is 0 Å². The topological polar surface area (TPSA) is 0 Å². The van der Waals surface area contributed by atoms with E-state index in [-0.39, 0.29) is 26.9 Å². The third-order valence-electron chi connectivity index (χ3n) is 0.943. The quantitative estimate of drug-likeness (QED) is 0.541. The van der Waals surface area contributed by atoms with E-state index in [4.69, 9.17) is 0 Å². The van der Waals surface area contributed by atoms with Crippen LogP contribution in [-0.2, 0) is 21.1 Å². The summed E-state index contributed by atoms with van der Waals surface area (Å²) in [6.07, 6.45) is 2.91. The first-order valence-electron chi connectivity index (χ1n) is 3.06. The van der Waals surface area contributed by atoms with E-state index in [0.717, 1.165) is 0 Å². The Morgan fingerprint density at radius 1 is 1.36 bits per heavy atom. The van der Waals surface area contributed by atoms with E-state index in [1.807, 2.05) is 0 Å². The molecule has 0 amide bonds. The van der Waals surface area contributed by atoms with Gasteiger partial charge in [-0.05, 0) is 19.4 Å². The van der Waals surface area contributed by atoms with Gasteiger partial charge in [0.1, 0.15) is 5.83 Å². The molecular formula is C9H12FW-. The second-order valence-electron chi connectivity index (χ2n) is 2.34. The Kier molecular flexibility index (Phi) is 7.77. The molecule has 0 rings (SSSR count). The maximum Gasteiger partial charge on any atom is 0.109 e. The van der Waals surface area contributed by atoms with Gasteiger partial charge >= 0.3 is 0 Å². The fourth-order valence-corrected chi connectivity index (χ4v) is 0.358. The van der Waals surface area contributed by atoms with Crippen molar-refractivity contribution < 1.29 is 25.5 Å². The molecule has 0 aromatic heterocycles. The molecule has 0 fully saturated rings. The Labute approximate surface area is 82.1 Å². The molecule has 0 aliphatic carbocycles. The molecule has 0 atom stereocenters. The van der Waals surface area contributed by atoms with E-state index < -0.39 is 0 Å². The Bertz CT molecular complexity index is 186. The molecular weight excluding hydrogens is 311 g/mol. The normalized spacial score (nSPS) is 9.00. The second-order valence-corrected chi connectivity index (χ2v) is 2.34. The third-order valence-corrected chi connectivity index (χ3v) is 0.943. The summed E-state index contributed by atoms with van der Waals surface area (Å²) in [4.78, 5) is 0. The van der Waals surface area contributed by atoms with Gasteiger partial charge in [0.25, 0.3) is 0 Å². The van der Waals surface area contributed by atoms with E-state index >= 15 is 0 Å². The third kappa shape index (κ3) is 7.61. The summed E-state index contributed by atoms with van der Waals surface area (Å²) in [5.74, 6) is -0.218. The summed E-state index contributed by atoms with van der Waals surface area (Å²) < 4.78 is 12.6. The molecule has 0 aromatic rings. The fraction of sp³-hybridized carbons (Fsp3) is 0.222. The molecule has 0 aliphatic rings. The van der Waals surface area contributed by atoms with Crippen molar-refractivity contribution in [2.24, 2.45) is 0 Å². The van der Waals surface area contributed by atoms with Crippen molar-refractivity contribution in [2.75, 3.05) is 0 Å². The van der Waals surface area contributed by atoms with Crippen LogP contribution in [0.2, 0.25) is 0 Å². The number of hydrogen-bond acceptors (Lipinski definition) is 0. The number of rotatable bonds is 2. The van der Waals surface area contributed by atoms with Crippen LogP contribution in [-0.4, -0.2) is 0 Å². The first kappa shape index (κ1) is 13.3.